The molecule has 0 fully saturated rings. The molecule has 0 saturated carbocycles. The second-order valence-electron chi connectivity index (χ2n) is 3.79. The van der Waals surface area contributed by atoms with Gasteiger partial charge in [-0.15, -0.1) is 10.2 Å². The zero-order chi connectivity index (χ0) is 13.5. The Labute approximate surface area is 109 Å². The number of carboxylic acid groups (broad SMARTS) is 1. The first kappa shape index (κ1) is 14.5. The maximum atomic E-state index is 10.9. The summed E-state index contributed by atoms with van der Waals surface area (Å²) >= 11 is 1.56. The van der Waals surface area contributed by atoms with E-state index in [-0.39, 0.29) is 5.91 Å². The van der Waals surface area contributed by atoms with Gasteiger partial charge in [0.25, 0.3) is 0 Å². The molecule has 0 aromatic carbocycles. The van der Waals surface area contributed by atoms with E-state index >= 15 is 0 Å². The monoisotopic (exact) mass is 272 g/mol. The molecule has 2 N–H and O–H groups in total. The fourth-order valence-electron chi connectivity index (χ4n) is 1.31. The van der Waals surface area contributed by atoms with E-state index in [4.69, 9.17) is 5.11 Å². The first-order valence-corrected chi connectivity index (χ1v) is 6.56. The van der Waals surface area contributed by atoms with Gasteiger partial charge in [0.15, 0.2) is 0 Å². The van der Waals surface area contributed by atoms with Gasteiger partial charge in [0.2, 0.25) is 5.91 Å². The predicted octanol–water partition coefficient (Wildman–Crippen LogP) is 0.0277. The topological polar surface area (TPSA) is 97.1 Å². The lowest BCUT2D eigenvalue weighted by Crippen LogP contribution is -2.39. The third kappa shape index (κ3) is 4.74. The quantitative estimate of drug-likeness (QED) is 0.680. The lowest BCUT2D eigenvalue weighted by molar-refractivity contribution is -0.141. The Hall–Kier alpha value is -1.57. The van der Waals surface area contributed by atoms with Crippen molar-refractivity contribution in [2.24, 2.45) is 7.05 Å². The number of thioether (sulfide) groups is 1. The number of nitrogens with one attached hydrogen (secondary N) is 1. The van der Waals surface area contributed by atoms with Crippen LogP contribution in [0.3, 0.4) is 0 Å². The van der Waals surface area contributed by atoms with Gasteiger partial charge in [0.05, 0.1) is 5.75 Å². The van der Waals surface area contributed by atoms with Crippen LogP contribution in [-0.4, -0.2) is 43.5 Å². The lowest BCUT2D eigenvalue weighted by Gasteiger charge is -2.12. The maximum Gasteiger partial charge on any atom is 0.326 e. The molecule has 0 aliphatic rings. The van der Waals surface area contributed by atoms with Crippen molar-refractivity contribution in [3.8, 4) is 0 Å². The van der Waals surface area contributed by atoms with Crippen LogP contribution in [0.15, 0.2) is 6.33 Å². The number of nitrogens with zero attached hydrogens (tertiary/aromatic N) is 3. The van der Waals surface area contributed by atoms with E-state index in [1.54, 1.807) is 18.1 Å². The van der Waals surface area contributed by atoms with E-state index < -0.39 is 12.0 Å². The summed E-state index contributed by atoms with van der Waals surface area (Å²) in [5.41, 5.74) is 0. The Balaban J connectivity index is 2.29. The van der Waals surface area contributed by atoms with Crippen LogP contribution in [-0.2, 0) is 22.4 Å². The van der Waals surface area contributed by atoms with Gasteiger partial charge in [0, 0.05) is 14.0 Å². The minimum atomic E-state index is -1.01. The first-order chi connectivity index (χ1) is 8.50. The molecule has 0 aliphatic carbocycles. The summed E-state index contributed by atoms with van der Waals surface area (Å²) < 4.78 is 1.81. The van der Waals surface area contributed by atoms with Gasteiger partial charge in [-0.3, -0.25) is 4.79 Å². The van der Waals surface area contributed by atoms with Crippen LogP contribution in [0.1, 0.15) is 19.2 Å². The molecule has 1 amide bonds. The number of carboxylic acids is 1. The fraction of sp³-hybridized carbons (Fsp3) is 0.600. The molecule has 0 radical (unpaired) electrons. The van der Waals surface area contributed by atoms with E-state index in [0.717, 1.165) is 5.82 Å². The fourth-order valence-corrected chi connectivity index (χ4v) is 2.30. The van der Waals surface area contributed by atoms with E-state index in [1.807, 2.05) is 11.6 Å². The number of hydrogen-bond acceptors (Lipinski definition) is 5. The lowest BCUT2D eigenvalue weighted by atomic mass is 10.2. The normalized spacial score (nSPS) is 12.1. The summed E-state index contributed by atoms with van der Waals surface area (Å²) in [5.74, 6) is 0.795. The molecule has 8 heteroatoms. The van der Waals surface area contributed by atoms with Gasteiger partial charge < -0.3 is 15.0 Å². The van der Waals surface area contributed by atoms with Crippen molar-refractivity contribution in [2.75, 3.05) is 5.75 Å². The number of aromatic nitrogens is 3. The third-order valence-corrected chi connectivity index (χ3v) is 3.25. The summed E-state index contributed by atoms with van der Waals surface area (Å²) in [6.07, 6.45) is 2.00. The number of rotatable bonds is 7. The number of carbonyl (C=O) groups excluding carboxylic acids is 1. The highest BCUT2D eigenvalue weighted by Gasteiger charge is 2.17. The van der Waals surface area contributed by atoms with Gasteiger partial charge in [-0.1, -0.05) is 0 Å². The highest BCUT2D eigenvalue weighted by Crippen LogP contribution is 2.11. The van der Waals surface area contributed by atoms with Crippen LogP contribution in [0.25, 0.3) is 0 Å². The molecule has 7 nitrogen and oxygen atoms in total. The third-order valence-electron chi connectivity index (χ3n) is 2.26. The van der Waals surface area contributed by atoms with Crippen molar-refractivity contribution < 1.29 is 14.7 Å². The van der Waals surface area contributed by atoms with Crippen LogP contribution in [0, 0.1) is 0 Å². The molecular formula is C10H16N4O3S. The average Bonchev–Trinajstić information content (AvgIpc) is 2.68. The Morgan fingerprint density at radius 2 is 2.33 bits per heavy atom. The minimum absolute atomic E-state index is 0.333. The predicted molar refractivity (Wildman–Crippen MR) is 67.0 cm³/mol. The zero-order valence-electron chi connectivity index (χ0n) is 10.3. The number of hydrogen-bond donors (Lipinski definition) is 2. The Morgan fingerprint density at radius 3 is 2.83 bits per heavy atom. The number of carbonyl (C=O) groups is 2. The van der Waals surface area contributed by atoms with Crippen molar-refractivity contribution in [2.45, 2.75) is 25.1 Å². The Morgan fingerprint density at radius 1 is 1.61 bits per heavy atom. The maximum absolute atomic E-state index is 10.9. The van der Waals surface area contributed by atoms with Crippen molar-refractivity contribution in [1.82, 2.24) is 20.1 Å². The largest absolute Gasteiger partial charge is 0.480 e. The van der Waals surface area contributed by atoms with Crippen LogP contribution in [0.5, 0.6) is 0 Å². The molecule has 1 aromatic rings. The SMILES string of the molecule is CC(=O)NC(CCSCc1nncn1C)C(=O)O. The molecule has 18 heavy (non-hydrogen) atoms. The van der Waals surface area contributed by atoms with Crippen LogP contribution in [0.2, 0.25) is 0 Å². The molecule has 1 atom stereocenters. The molecule has 0 saturated heterocycles. The van der Waals surface area contributed by atoms with Gasteiger partial charge in [-0.2, -0.15) is 11.8 Å². The summed E-state index contributed by atoms with van der Waals surface area (Å²) in [4.78, 5) is 21.7. The van der Waals surface area contributed by atoms with Crippen molar-refractivity contribution >= 4 is 23.6 Å². The van der Waals surface area contributed by atoms with Crippen molar-refractivity contribution in [1.29, 1.82) is 0 Å². The molecule has 1 aromatic heterocycles. The second-order valence-corrected chi connectivity index (χ2v) is 4.90. The van der Waals surface area contributed by atoms with E-state index in [2.05, 4.69) is 15.5 Å². The van der Waals surface area contributed by atoms with Gasteiger partial charge >= 0.3 is 5.97 Å². The van der Waals surface area contributed by atoms with E-state index in [9.17, 15) is 9.59 Å². The molecule has 100 valence electrons. The Kier molecular flexibility index (Phi) is 5.63. The van der Waals surface area contributed by atoms with E-state index in [0.29, 0.717) is 17.9 Å². The highest BCUT2D eigenvalue weighted by atomic mass is 32.2. The summed E-state index contributed by atoms with van der Waals surface area (Å²) in [6.45, 7) is 1.31. The van der Waals surface area contributed by atoms with Crippen LogP contribution in [0.4, 0.5) is 0 Å². The first-order valence-electron chi connectivity index (χ1n) is 5.41. The molecule has 0 bridgehead atoms. The second kappa shape index (κ2) is 7.00. The molecule has 0 spiro atoms. The summed E-state index contributed by atoms with van der Waals surface area (Å²) in [7, 11) is 1.85. The standard InChI is InChI=1S/C10H16N4O3S/c1-7(15)12-8(10(16)17)3-4-18-5-9-13-11-6-14(9)2/h6,8H,3-5H2,1-2H3,(H,12,15)(H,16,17). The number of aryl methyl sites for hydroxylation is 1. The highest BCUT2D eigenvalue weighted by molar-refractivity contribution is 7.98. The Bertz CT molecular complexity index is 421. The van der Waals surface area contributed by atoms with E-state index in [1.165, 1.54) is 6.92 Å². The average molecular weight is 272 g/mol. The van der Waals surface area contributed by atoms with Crippen LogP contribution >= 0.6 is 11.8 Å². The van der Waals surface area contributed by atoms with Gasteiger partial charge in [-0.05, 0) is 12.2 Å². The zero-order valence-corrected chi connectivity index (χ0v) is 11.1. The minimum Gasteiger partial charge on any atom is -0.480 e. The van der Waals surface area contributed by atoms with Crippen molar-refractivity contribution in [3.05, 3.63) is 12.2 Å². The molecular weight excluding hydrogens is 256 g/mol. The number of aliphatic carboxylic acids is 1. The smallest absolute Gasteiger partial charge is 0.326 e. The molecule has 1 rings (SSSR count). The summed E-state index contributed by atoms with van der Waals surface area (Å²) in [6, 6.07) is -0.825. The van der Waals surface area contributed by atoms with Crippen molar-refractivity contribution in [3.63, 3.8) is 0 Å². The van der Waals surface area contributed by atoms with Crippen LogP contribution < -0.4 is 5.32 Å². The molecule has 1 heterocycles. The summed E-state index contributed by atoms with van der Waals surface area (Å²) in [5, 5.41) is 19.0. The van der Waals surface area contributed by atoms with Gasteiger partial charge in [-0.25, -0.2) is 4.79 Å². The molecule has 1 unspecified atom stereocenters. The number of amides is 1. The molecule has 0 aliphatic heterocycles. The van der Waals surface area contributed by atoms with Gasteiger partial charge in [0.1, 0.15) is 18.2 Å².